The van der Waals surface area contributed by atoms with Gasteiger partial charge in [-0.15, -0.1) is 0 Å². The first kappa shape index (κ1) is 18.2. The molecule has 1 amide bonds. The number of nitrogens with zero attached hydrogens (tertiary/aromatic N) is 2. The van der Waals surface area contributed by atoms with Crippen LogP contribution >= 0.6 is 11.6 Å². The summed E-state index contributed by atoms with van der Waals surface area (Å²) in [5.41, 5.74) is 3.54. The van der Waals surface area contributed by atoms with E-state index in [0.717, 1.165) is 29.7 Å². The minimum Gasteiger partial charge on any atom is -0.380 e. The molecule has 136 valence electrons. The maximum absolute atomic E-state index is 11.9. The molecule has 26 heavy (non-hydrogen) atoms. The SMILES string of the molecule is Cc1cc([N+](=O)[O-])cc(Cl)c1NCc1ccccc1CN1CCCC1=O. The summed E-state index contributed by atoms with van der Waals surface area (Å²) in [6.07, 6.45) is 1.54. The van der Waals surface area contributed by atoms with Gasteiger partial charge in [0.25, 0.3) is 5.69 Å². The van der Waals surface area contributed by atoms with E-state index in [4.69, 9.17) is 11.6 Å². The minimum absolute atomic E-state index is 0.0222. The van der Waals surface area contributed by atoms with Gasteiger partial charge in [-0.1, -0.05) is 35.9 Å². The summed E-state index contributed by atoms with van der Waals surface area (Å²) in [4.78, 5) is 24.2. The van der Waals surface area contributed by atoms with E-state index in [1.54, 1.807) is 6.92 Å². The molecule has 6 nitrogen and oxygen atoms in total. The van der Waals surface area contributed by atoms with Crippen LogP contribution in [0.15, 0.2) is 36.4 Å². The van der Waals surface area contributed by atoms with E-state index in [9.17, 15) is 14.9 Å². The van der Waals surface area contributed by atoms with Crippen molar-refractivity contribution in [3.8, 4) is 0 Å². The molecule has 1 N–H and O–H groups in total. The monoisotopic (exact) mass is 373 g/mol. The lowest BCUT2D eigenvalue weighted by Crippen LogP contribution is -2.24. The molecule has 2 aromatic rings. The molecular formula is C19H20ClN3O3. The molecule has 2 aromatic carbocycles. The summed E-state index contributed by atoms with van der Waals surface area (Å²) in [7, 11) is 0. The third-order valence-electron chi connectivity index (χ3n) is 4.59. The Bertz CT molecular complexity index is 831. The van der Waals surface area contributed by atoms with Crippen molar-refractivity contribution in [3.05, 3.63) is 68.2 Å². The van der Waals surface area contributed by atoms with Crippen LogP contribution in [0.3, 0.4) is 0 Å². The van der Waals surface area contributed by atoms with Gasteiger partial charge < -0.3 is 10.2 Å². The molecule has 0 spiro atoms. The first-order chi connectivity index (χ1) is 12.5. The predicted molar refractivity (Wildman–Crippen MR) is 101 cm³/mol. The van der Waals surface area contributed by atoms with Crippen LogP contribution in [-0.2, 0) is 17.9 Å². The smallest absolute Gasteiger partial charge is 0.271 e. The Morgan fingerprint density at radius 1 is 1.27 bits per heavy atom. The highest BCUT2D eigenvalue weighted by molar-refractivity contribution is 6.33. The van der Waals surface area contributed by atoms with Crippen molar-refractivity contribution in [2.75, 3.05) is 11.9 Å². The molecule has 7 heteroatoms. The highest BCUT2D eigenvalue weighted by atomic mass is 35.5. The Morgan fingerprint density at radius 3 is 2.62 bits per heavy atom. The first-order valence-corrected chi connectivity index (χ1v) is 8.86. The fraction of sp³-hybridized carbons (Fsp3) is 0.316. The van der Waals surface area contributed by atoms with E-state index >= 15 is 0 Å². The van der Waals surface area contributed by atoms with Crippen molar-refractivity contribution in [2.24, 2.45) is 0 Å². The van der Waals surface area contributed by atoms with Crippen molar-refractivity contribution in [2.45, 2.75) is 32.9 Å². The van der Waals surface area contributed by atoms with Gasteiger partial charge in [-0.25, -0.2) is 0 Å². The number of carbonyl (C=O) groups is 1. The van der Waals surface area contributed by atoms with E-state index in [1.807, 2.05) is 29.2 Å². The number of nitro groups is 1. The van der Waals surface area contributed by atoms with Gasteiger partial charge in [0.1, 0.15) is 0 Å². The molecule has 0 unspecified atom stereocenters. The Balaban J connectivity index is 1.76. The number of carbonyl (C=O) groups excluding carboxylic acids is 1. The Kier molecular flexibility index (Phi) is 5.42. The molecule has 1 heterocycles. The Hall–Kier alpha value is -2.60. The maximum atomic E-state index is 11.9. The second-order valence-corrected chi connectivity index (χ2v) is 6.82. The number of anilines is 1. The molecule has 0 atom stereocenters. The van der Waals surface area contributed by atoms with Gasteiger partial charge in [-0.2, -0.15) is 0 Å². The number of nitro benzene ring substituents is 1. The Labute approximate surface area is 156 Å². The fourth-order valence-corrected chi connectivity index (χ4v) is 3.53. The molecule has 0 aliphatic carbocycles. The van der Waals surface area contributed by atoms with Crippen molar-refractivity contribution >= 4 is 28.9 Å². The van der Waals surface area contributed by atoms with E-state index in [0.29, 0.717) is 30.2 Å². The van der Waals surface area contributed by atoms with Gasteiger partial charge in [0.05, 0.1) is 15.6 Å². The third kappa shape index (κ3) is 3.96. The highest BCUT2D eigenvalue weighted by Gasteiger charge is 2.21. The van der Waals surface area contributed by atoms with Crippen molar-refractivity contribution in [1.29, 1.82) is 0 Å². The van der Waals surface area contributed by atoms with Crippen molar-refractivity contribution in [1.82, 2.24) is 4.90 Å². The number of nitrogens with one attached hydrogen (secondary N) is 1. The predicted octanol–water partition coefficient (Wildman–Crippen LogP) is 4.29. The first-order valence-electron chi connectivity index (χ1n) is 8.48. The molecule has 1 aliphatic heterocycles. The van der Waals surface area contributed by atoms with Crippen LogP contribution in [0.4, 0.5) is 11.4 Å². The third-order valence-corrected chi connectivity index (χ3v) is 4.89. The quantitative estimate of drug-likeness (QED) is 0.605. The standard InChI is InChI=1S/C19H20ClN3O3/c1-13-9-16(23(25)26)10-17(20)19(13)21-11-14-5-2-3-6-15(14)12-22-8-4-7-18(22)24/h2-3,5-6,9-10,21H,4,7-8,11-12H2,1H3. The summed E-state index contributed by atoms with van der Waals surface area (Å²) in [5, 5.41) is 14.5. The summed E-state index contributed by atoms with van der Waals surface area (Å²) in [6.45, 7) is 3.71. The van der Waals surface area contributed by atoms with Crippen molar-refractivity contribution < 1.29 is 9.72 Å². The zero-order valence-corrected chi connectivity index (χ0v) is 15.3. The molecule has 1 fully saturated rings. The van der Waals surface area contributed by atoms with Gasteiger partial charge in [-0.3, -0.25) is 14.9 Å². The molecular weight excluding hydrogens is 354 g/mol. The normalized spacial score (nSPS) is 13.9. The van der Waals surface area contributed by atoms with Gasteiger partial charge >= 0.3 is 0 Å². The lowest BCUT2D eigenvalue weighted by molar-refractivity contribution is -0.384. The van der Waals surface area contributed by atoms with Crippen LogP contribution in [0.5, 0.6) is 0 Å². The molecule has 0 saturated carbocycles. The average Bonchev–Trinajstić information content (AvgIpc) is 3.00. The molecule has 0 bridgehead atoms. The van der Waals surface area contributed by atoms with Gasteiger partial charge in [0.15, 0.2) is 0 Å². The summed E-state index contributed by atoms with van der Waals surface area (Å²) in [5.74, 6) is 0.196. The average molecular weight is 374 g/mol. The lowest BCUT2D eigenvalue weighted by Gasteiger charge is -2.19. The largest absolute Gasteiger partial charge is 0.380 e. The number of non-ortho nitro benzene ring substituents is 1. The number of amides is 1. The Morgan fingerprint density at radius 2 is 2.00 bits per heavy atom. The van der Waals surface area contributed by atoms with Crippen LogP contribution in [-0.4, -0.2) is 22.3 Å². The summed E-state index contributed by atoms with van der Waals surface area (Å²) < 4.78 is 0. The second kappa shape index (κ2) is 7.74. The fourth-order valence-electron chi connectivity index (χ4n) is 3.20. The number of hydrogen-bond acceptors (Lipinski definition) is 4. The number of aryl methyl sites for hydroxylation is 1. The van der Waals surface area contributed by atoms with Gasteiger partial charge in [0, 0.05) is 38.2 Å². The van der Waals surface area contributed by atoms with Crippen LogP contribution in [0.25, 0.3) is 0 Å². The van der Waals surface area contributed by atoms with Crippen LogP contribution in [0.1, 0.15) is 29.5 Å². The summed E-state index contributed by atoms with van der Waals surface area (Å²) >= 11 is 6.22. The topological polar surface area (TPSA) is 75.5 Å². The van der Waals surface area contributed by atoms with Crippen LogP contribution in [0.2, 0.25) is 5.02 Å². The van der Waals surface area contributed by atoms with Crippen LogP contribution in [0, 0.1) is 17.0 Å². The van der Waals surface area contributed by atoms with E-state index in [2.05, 4.69) is 5.32 Å². The molecule has 1 aliphatic rings. The van der Waals surface area contributed by atoms with Gasteiger partial charge in [-0.05, 0) is 30.0 Å². The highest BCUT2D eigenvalue weighted by Crippen LogP contribution is 2.31. The number of hydrogen-bond donors (Lipinski definition) is 1. The van der Waals surface area contributed by atoms with Crippen LogP contribution < -0.4 is 5.32 Å². The number of halogens is 1. The number of benzene rings is 2. The molecule has 3 rings (SSSR count). The van der Waals surface area contributed by atoms with E-state index in [1.165, 1.54) is 12.1 Å². The maximum Gasteiger partial charge on any atom is 0.271 e. The molecule has 0 radical (unpaired) electrons. The second-order valence-electron chi connectivity index (χ2n) is 6.42. The minimum atomic E-state index is -0.453. The lowest BCUT2D eigenvalue weighted by atomic mass is 10.1. The summed E-state index contributed by atoms with van der Waals surface area (Å²) in [6, 6.07) is 10.8. The van der Waals surface area contributed by atoms with Crippen molar-refractivity contribution in [3.63, 3.8) is 0 Å². The van der Waals surface area contributed by atoms with Gasteiger partial charge in [0.2, 0.25) is 5.91 Å². The number of likely N-dealkylation sites (tertiary alicyclic amines) is 1. The zero-order chi connectivity index (χ0) is 18.7. The van der Waals surface area contributed by atoms with E-state index in [-0.39, 0.29) is 11.6 Å². The van der Waals surface area contributed by atoms with E-state index < -0.39 is 4.92 Å². The zero-order valence-electron chi connectivity index (χ0n) is 14.5. The molecule has 0 aromatic heterocycles. The number of rotatable bonds is 6. The molecule has 1 saturated heterocycles.